The smallest absolute Gasteiger partial charge is 0.408 e. The van der Waals surface area contributed by atoms with Gasteiger partial charge < -0.3 is 20.3 Å². The van der Waals surface area contributed by atoms with Gasteiger partial charge in [-0.05, 0) is 82.9 Å². The van der Waals surface area contributed by atoms with E-state index < -0.39 is 23.8 Å². The van der Waals surface area contributed by atoms with E-state index in [0.717, 1.165) is 74.5 Å². The topological polar surface area (TPSA) is 87.7 Å². The summed E-state index contributed by atoms with van der Waals surface area (Å²) in [6.07, 6.45) is 10.3. The lowest BCUT2D eigenvalue weighted by Crippen LogP contribution is -2.54. The van der Waals surface area contributed by atoms with Crippen LogP contribution in [0.25, 0.3) is 0 Å². The molecule has 0 radical (unpaired) electrons. The molecule has 1 aromatic carbocycles. The van der Waals surface area contributed by atoms with Gasteiger partial charge in [-0.15, -0.1) is 0 Å². The molecule has 0 aromatic heterocycles. The van der Waals surface area contributed by atoms with E-state index in [1.165, 1.54) is 6.42 Å². The minimum absolute atomic E-state index is 0.123. The largest absolute Gasteiger partial charge is 0.444 e. The molecule has 232 valence electrons. The fourth-order valence-corrected chi connectivity index (χ4v) is 5.53. The van der Waals surface area contributed by atoms with Crippen molar-refractivity contribution in [2.75, 3.05) is 6.54 Å². The number of carbonyl (C=O) groups excluding carboxylic acids is 3. The van der Waals surface area contributed by atoms with Gasteiger partial charge in [-0.3, -0.25) is 9.59 Å². The van der Waals surface area contributed by atoms with Gasteiger partial charge in [0.2, 0.25) is 11.8 Å². The molecule has 0 bridgehead atoms. The van der Waals surface area contributed by atoms with Crippen LogP contribution in [-0.2, 0) is 14.3 Å². The molecule has 0 heterocycles. The summed E-state index contributed by atoms with van der Waals surface area (Å²) >= 11 is 0. The van der Waals surface area contributed by atoms with Crippen molar-refractivity contribution in [3.8, 4) is 0 Å². The molecule has 0 spiro atoms. The summed E-state index contributed by atoms with van der Waals surface area (Å²) in [6, 6.07) is 4.60. The number of rotatable bonds is 14. The summed E-state index contributed by atoms with van der Waals surface area (Å²) in [4.78, 5) is 43.1. The van der Waals surface area contributed by atoms with E-state index >= 15 is 0 Å². The van der Waals surface area contributed by atoms with Crippen LogP contribution in [0, 0.1) is 19.8 Å². The fourth-order valence-electron chi connectivity index (χ4n) is 5.53. The number of hydrogen-bond donors (Lipinski definition) is 2. The number of amides is 3. The lowest BCUT2D eigenvalue weighted by molar-refractivity contribution is -0.143. The van der Waals surface area contributed by atoms with Gasteiger partial charge in [0.15, 0.2) is 0 Å². The third kappa shape index (κ3) is 12.1. The molecular weight excluding hydrogens is 514 g/mol. The number of unbranched alkanes of at least 4 members (excludes halogenated alkanes) is 4. The monoisotopic (exact) mass is 571 g/mol. The molecule has 1 aliphatic carbocycles. The maximum atomic E-state index is 14.4. The third-order valence-corrected chi connectivity index (χ3v) is 7.84. The van der Waals surface area contributed by atoms with Gasteiger partial charge >= 0.3 is 6.09 Å². The minimum Gasteiger partial charge on any atom is -0.444 e. The Morgan fingerprint density at radius 1 is 0.976 bits per heavy atom. The third-order valence-electron chi connectivity index (χ3n) is 7.84. The molecule has 1 fully saturated rings. The van der Waals surface area contributed by atoms with Crippen LogP contribution in [0.5, 0.6) is 0 Å². The normalized spacial score (nSPS) is 15.7. The molecule has 7 nitrogen and oxygen atoms in total. The van der Waals surface area contributed by atoms with Crippen molar-refractivity contribution < 1.29 is 19.1 Å². The van der Waals surface area contributed by atoms with Crippen LogP contribution in [0.3, 0.4) is 0 Å². The molecule has 2 N–H and O–H groups in total. The van der Waals surface area contributed by atoms with Gasteiger partial charge in [0.05, 0.1) is 0 Å². The molecule has 0 aliphatic heterocycles. The molecule has 41 heavy (non-hydrogen) atoms. The SMILES string of the molecule is CCCCCCCN(C(=O)C(CC(C)C)NC(=O)OC(C)(C)C)C(C(=O)NC1CCCCC1)c1ccc(C)c(C)c1. The van der Waals surface area contributed by atoms with Gasteiger partial charge in [-0.1, -0.05) is 83.9 Å². The molecule has 3 amide bonds. The average molecular weight is 572 g/mol. The predicted octanol–water partition coefficient (Wildman–Crippen LogP) is 7.53. The average Bonchev–Trinajstić information content (AvgIpc) is 2.88. The Morgan fingerprint density at radius 2 is 1.63 bits per heavy atom. The second kappa shape index (κ2) is 16.8. The highest BCUT2D eigenvalue weighted by atomic mass is 16.6. The first-order chi connectivity index (χ1) is 19.3. The summed E-state index contributed by atoms with van der Waals surface area (Å²) in [6.45, 7) is 16.2. The summed E-state index contributed by atoms with van der Waals surface area (Å²) in [5, 5.41) is 6.16. The summed E-state index contributed by atoms with van der Waals surface area (Å²) < 4.78 is 5.53. The number of nitrogens with one attached hydrogen (secondary N) is 2. The second-order valence-corrected chi connectivity index (χ2v) is 13.4. The van der Waals surface area contributed by atoms with Gasteiger partial charge in [0, 0.05) is 12.6 Å². The lowest BCUT2D eigenvalue weighted by atomic mass is 9.93. The van der Waals surface area contributed by atoms with E-state index in [0.29, 0.717) is 13.0 Å². The van der Waals surface area contributed by atoms with Crippen LogP contribution in [0.2, 0.25) is 0 Å². The highest BCUT2D eigenvalue weighted by Gasteiger charge is 2.37. The molecular formula is C34H57N3O4. The molecule has 2 unspecified atom stereocenters. The van der Waals surface area contributed by atoms with E-state index in [9.17, 15) is 14.4 Å². The Morgan fingerprint density at radius 3 is 2.22 bits per heavy atom. The summed E-state index contributed by atoms with van der Waals surface area (Å²) in [7, 11) is 0. The minimum atomic E-state index is -0.794. The summed E-state index contributed by atoms with van der Waals surface area (Å²) in [5.74, 6) is -0.217. The second-order valence-electron chi connectivity index (χ2n) is 13.4. The number of nitrogens with zero attached hydrogens (tertiary/aromatic N) is 1. The number of carbonyl (C=O) groups is 3. The van der Waals surface area contributed by atoms with Crippen molar-refractivity contribution in [2.45, 2.75) is 150 Å². The number of hydrogen-bond acceptors (Lipinski definition) is 4. The zero-order valence-corrected chi connectivity index (χ0v) is 27.1. The van der Waals surface area contributed by atoms with Gasteiger partial charge in [-0.25, -0.2) is 4.79 Å². The van der Waals surface area contributed by atoms with Crippen LogP contribution in [0.15, 0.2) is 18.2 Å². The highest BCUT2D eigenvalue weighted by molar-refractivity contribution is 5.92. The van der Waals surface area contributed by atoms with E-state index in [4.69, 9.17) is 4.74 Å². The van der Waals surface area contributed by atoms with E-state index in [2.05, 4.69) is 24.5 Å². The molecule has 1 saturated carbocycles. The van der Waals surface area contributed by atoms with E-state index in [1.54, 1.807) is 25.7 Å². The fraction of sp³-hybridized carbons (Fsp3) is 0.735. The first kappa shape index (κ1) is 34.6. The van der Waals surface area contributed by atoms with Crippen molar-refractivity contribution in [2.24, 2.45) is 5.92 Å². The zero-order chi connectivity index (χ0) is 30.6. The molecule has 7 heteroatoms. The van der Waals surface area contributed by atoms with Gasteiger partial charge in [-0.2, -0.15) is 0 Å². The van der Waals surface area contributed by atoms with Crippen molar-refractivity contribution in [3.05, 3.63) is 34.9 Å². The molecule has 0 saturated heterocycles. The van der Waals surface area contributed by atoms with Crippen LogP contribution >= 0.6 is 0 Å². The maximum Gasteiger partial charge on any atom is 0.408 e. The Hall–Kier alpha value is -2.57. The van der Waals surface area contributed by atoms with Crippen LogP contribution in [-0.4, -0.2) is 47.0 Å². The lowest BCUT2D eigenvalue weighted by Gasteiger charge is -2.36. The van der Waals surface area contributed by atoms with Crippen LogP contribution < -0.4 is 10.6 Å². The van der Waals surface area contributed by atoms with Crippen LogP contribution in [0.1, 0.15) is 135 Å². The van der Waals surface area contributed by atoms with Crippen molar-refractivity contribution in [1.82, 2.24) is 15.5 Å². The Bertz CT molecular complexity index is 979. The zero-order valence-electron chi connectivity index (χ0n) is 27.1. The highest BCUT2D eigenvalue weighted by Crippen LogP contribution is 2.28. The van der Waals surface area contributed by atoms with E-state index in [-0.39, 0.29) is 23.8 Å². The molecule has 2 rings (SSSR count). The number of ether oxygens (including phenoxy) is 1. The Balaban J connectivity index is 2.49. The summed E-state index contributed by atoms with van der Waals surface area (Å²) in [5.41, 5.74) is 2.35. The number of alkyl carbamates (subject to hydrolysis) is 1. The van der Waals surface area contributed by atoms with Gasteiger partial charge in [0.1, 0.15) is 17.7 Å². The standard InChI is InChI=1S/C34H57N3O4/c1-9-10-11-12-16-21-37(32(39)29(22-24(2)3)36-33(40)41-34(6,7)8)30(27-20-19-25(4)26(5)23-27)31(38)35-28-17-14-13-15-18-28/h19-20,23-24,28-30H,9-18,21-22H2,1-8H3,(H,35,38)(H,36,40). The van der Waals surface area contributed by atoms with Crippen molar-refractivity contribution in [1.29, 1.82) is 0 Å². The van der Waals surface area contributed by atoms with Crippen molar-refractivity contribution >= 4 is 17.9 Å². The molecule has 2 atom stereocenters. The van der Waals surface area contributed by atoms with Crippen molar-refractivity contribution in [3.63, 3.8) is 0 Å². The Labute approximate surface area is 249 Å². The predicted molar refractivity (Wildman–Crippen MR) is 167 cm³/mol. The molecule has 1 aromatic rings. The maximum absolute atomic E-state index is 14.4. The first-order valence-electron chi connectivity index (χ1n) is 16.0. The quantitative estimate of drug-likeness (QED) is 0.226. The van der Waals surface area contributed by atoms with Crippen LogP contribution in [0.4, 0.5) is 4.79 Å². The first-order valence-corrected chi connectivity index (χ1v) is 16.0. The molecule has 1 aliphatic rings. The number of benzene rings is 1. The van der Waals surface area contributed by atoms with Gasteiger partial charge in [0.25, 0.3) is 0 Å². The number of aryl methyl sites for hydroxylation is 2. The van der Waals surface area contributed by atoms with E-state index in [1.807, 2.05) is 39.0 Å². The Kier molecular flexibility index (Phi) is 14.2.